The molecule has 1 aromatic carbocycles. The predicted octanol–water partition coefficient (Wildman–Crippen LogP) is 0.439. The van der Waals surface area contributed by atoms with E-state index < -0.39 is 0 Å². The Kier molecular flexibility index (Phi) is 4.03. The van der Waals surface area contributed by atoms with Crippen LogP contribution in [-0.4, -0.2) is 44.2 Å². The van der Waals surface area contributed by atoms with E-state index in [1.165, 1.54) is 11.2 Å². The van der Waals surface area contributed by atoms with E-state index in [0.29, 0.717) is 6.54 Å². The Morgan fingerprint density at radius 1 is 1.33 bits per heavy atom. The molecule has 0 radical (unpaired) electrons. The maximum absolute atomic E-state index is 12.1. The summed E-state index contributed by atoms with van der Waals surface area (Å²) in [6.45, 7) is 0.599. The van der Waals surface area contributed by atoms with Crippen molar-refractivity contribution >= 4 is 5.91 Å². The molecule has 1 heterocycles. The van der Waals surface area contributed by atoms with Crippen LogP contribution in [0.1, 0.15) is 16.2 Å². The van der Waals surface area contributed by atoms with Gasteiger partial charge in [-0.05, 0) is 5.56 Å². The second-order valence-corrected chi connectivity index (χ2v) is 3.77. The third-order valence-electron chi connectivity index (χ3n) is 2.49. The van der Waals surface area contributed by atoms with Crippen molar-refractivity contribution in [1.82, 2.24) is 20.1 Å². The highest BCUT2D eigenvalue weighted by atomic mass is 16.3. The van der Waals surface area contributed by atoms with Gasteiger partial charge in [-0.1, -0.05) is 30.3 Å². The lowest BCUT2D eigenvalue weighted by Crippen LogP contribution is -2.33. The molecule has 6 nitrogen and oxygen atoms in total. The molecule has 0 saturated carbocycles. The number of carbonyl (C=O) groups excluding carboxylic acids is 1. The van der Waals surface area contributed by atoms with Crippen LogP contribution in [0.2, 0.25) is 0 Å². The van der Waals surface area contributed by atoms with E-state index in [1.54, 1.807) is 0 Å². The Morgan fingerprint density at radius 3 is 2.72 bits per heavy atom. The van der Waals surface area contributed by atoms with E-state index in [4.69, 9.17) is 5.11 Å². The van der Waals surface area contributed by atoms with Crippen LogP contribution >= 0.6 is 0 Å². The number of amides is 1. The maximum Gasteiger partial charge on any atom is 0.291 e. The normalized spacial score (nSPS) is 10.3. The highest BCUT2D eigenvalue weighted by Crippen LogP contribution is 2.06. The van der Waals surface area contributed by atoms with Gasteiger partial charge in [-0.25, -0.2) is 4.98 Å². The monoisotopic (exact) mass is 246 g/mol. The van der Waals surface area contributed by atoms with Crippen molar-refractivity contribution in [2.24, 2.45) is 0 Å². The lowest BCUT2D eigenvalue weighted by atomic mass is 10.2. The number of nitrogens with zero attached hydrogens (tertiary/aromatic N) is 3. The Hall–Kier alpha value is -2.21. The number of hydrogen-bond donors (Lipinski definition) is 2. The summed E-state index contributed by atoms with van der Waals surface area (Å²) in [4.78, 5) is 17.4. The molecule has 0 fully saturated rings. The molecule has 94 valence electrons. The maximum atomic E-state index is 12.1. The van der Waals surface area contributed by atoms with E-state index in [9.17, 15) is 4.79 Å². The lowest BCUT2D eigenvalue weighted by molar-refractivity contribution is 0.0696. The highest BCUT2D eigenvalue weighted by Gasteiger charge is 2.17. The van der Waals surface area contributed by atoms with Crippen molar-refractivity contribution < 1.29 is 9.90 Å². The van der Waals surface area contributed by atoms with Crippen molar-refractivity contribution in [1.29, 1.82) is 0 Å². The molecule has 0 saturated heterocycles. The summed E-state index contributed by atoms with van der Waals surface area (Å²) in [5.74, 6) is -0.0928. The minimum atomic E-state index is -0.273. The van der Waals surface area contributed by atoms with Crippen molar-refractivity contribution in [3.05, 3.63) is 48.0 Å². The molecule has 2 N–H and O–H groups in total. The van der Waals surface area contributed by atoms with Gasteiger partial charge < -0.3 is 10.0 Å². The summed E-state index contributed by atoms with van der Waals surface area (Å²) in [5.41, 5.74) is 0.999. The predicted molar refractivity (Wildman–Crippen MR) is 64.7 cm³/mol. The van der Waals surface area contributed by atoms with Gasteiger partial charge >= 0.3 is 0 Å². The van der Waals surface area contributed by atoms with E-state index in [0.717, 1.165) is 5.56 Å². The van der Waals surface area contributed by atoms with Crippen LogP contribution in [0.4, 0.5) is 0 Å². The third-order valence-corrected chi connectivity index (χ3v) is 2.49. The highest BCUT2D eigenvalue weighted by molar-refractivity contribution is 5.90. The van der Waals surface area contributed by atoms with Gasteiger partial charge in [0.25, 0.3) is 5.91 Å². The molecule has 2 rings (SSSR count). The van der Waals surface area contributed by atoms with Crippen molar-refractivity contribution in [2.45, 2.75) is 6.54 Å². The number of aromatic nitrogens is 3. The standard InChI is InChI=1S/C12H14N4O2/c17-7-6-16(8-10-4-2-1-3-5-10)12(18)11-13-9-14-15-11/h1-5,9,17H,6-8H2,(H,13,14,15). The van der Waals surface area contributed by atoms with Crippen molar-refractivity contribution in [3.63, 3.8) is 0 Å². The Bertz CT molecular complexity index is 484. The molecular formula is C12H14N4O2. The second kappa shape index (κ2) is 5.92. The van der Waals surface area contributed by atoms with E-state index in [1.807, 2.05) is 30.3 Å². The van der Waals surface area contributed by atoms with Gasteiger partial charge in [0.15, 0.2) is 0 Å². The van der Waals surface area contributed by atoms with Gasteiger partial charge in [0, 0.05) is 13.1 Å². The van der Waals surface area contributed by atoms with E-state index in [-0.39, 0.29) is 24.9 Å². The van der Waals surface area contributed by atoms with Crippen molar-refractivity contribution in [2.75, 3.05) is 13.2 Å². The minimum absolute atomic E-state index is 0.0906. The molecule has 6 heteroatoms. The van der Waals surface area contributed by atoms with Crippen LogP contribution in [0.25, 0.3) is 0 Å². The second-order valence-electron chi connectivity index (χ2n) is 3.77. The largest absolute Gasteiger partial charge is 0.395 e. The number of carbonyl (C=O) groups is 1. The van der Waals surface area contributed by atoms with Gasteiger partial charge in [-0.3, -0.25) is 9.89 Å². The van der Waals surface area contributed by atoms with Gasteiger partial charge in [-0.2, -0.15) is 5.10 Å². The summed E-state index contributed by atoms with van der Waals surface area (Å²) in [5, 5.41) is 15.2. The Labute approximate surface area is 104 Å². The molecule has 0 aliphatic heterocycles. The Morgan fingerprint density at radius 2 is 2.11 bits per heavy atom. The lowest BCUT2D eigenvalue weighted by Gasteiger charge is -2.20. The fourth-order valence-electron chi connectivity index (χ4n) is 1.64. The van der Waals surface area contributed by atoms with Gasteiger partial charge in [0.2, 0.25) is 5.82 Å². The van der Waals surface area contributed by atoms with Crippen LogP contribution in [0.15, 0.2) is 36.7 Å². The molecule has 1 amide bonds. The van der Waals surface area contributed by atoms with Crippen LogP contribution < -0.4 is 0 Å². The summed E-state index contributed by atoms with van der Waals surface area (Å²) >= 11 is 0. The molecule has 0 atom stereocenters. The smallest absolute Gasteiger partial charge is 0.291 e. The molecule has 2 aromatic rings. The van der Waals surface area contributed by atoms with Crippen LogP contribution in [-0.2, 0) is 6.54 Å². The molecule has 1 aromatic heterocycles. The zero-order valence-corrected chi connectivity index (χ0v) is 9.78. The first-order chi connectivity index (χ1) is 8.81. The first kappa shape index (κ1) is 12.3. The summed E-state index contributed by atoms with van der Waals surface area (Å²) < 4.78 is 0. The Balaban J connectivity index is 2.11. The number of nitrogens with one attached hydrogen (secondary N) is 1. The van der Waals surface area contributed by atoms with Gasteiger partial charge in [0.05, 0.1) is 6.61 Å². The molecule has 18 heavy (non-hydrogen) atoms. The number of benzene rings is 1. The topological polar surface area (TPSA) is 82.1 Å². The van der Waals surface area contributed by atoms with Gasteiger partial charge in [-0.15, -0.1) is 0 Å². The summed E-state index contributed by atoms with van der Waals surface area (Å²) in [6, 6.07) is 9.59. The molecule has 0 bridgehead atoms. The number of hydrogen-bond acceptors (Lipinski definition) is 4. The molecule has 0 unspecified atom stereocenters. The third kappa shape index (κ3) is 2.92. The van der Waals surface area contributed by atoms with Crippen LogP contribution in [0.5, 0.6) is 0 Å². The number of aromatic amines is 1. The first-order valence-electron chi connectivity index (χ1n) is 5.60. The van der Waals surface area contributed by atoms with Gasteiger partial charge in [0.1, 0.15) is 6.33 Å². The fourth-order valence-corrected chi connectivity index (χ4v) is 1.64. The van der Waals surface area contributed by atoms with Crippen molar-refractivity contribution in [3.8, 4) is 0 Å². The number of aliphatic hydroxyl groups is 1. The van der Waals surface area contributed by atoms with E-state index >= 15 is 0 Å². The fraction of sp³-hybridized carbons (Fsp3) is 0.250. The average molecular weight is 246 g/mol. The molecule has 0 aliphatic carbocycles. The van der Waals surface area contributed by atoms with Crippen LogP contribution in [0, 0.1) is 0 Å². The quantitative estimate of drug-likeness (QED) is 0.802. The number of aliphatic hydroxyl groups excluding tert-OH is 1. The van der Waals surface area contributed by atoms with E-state index in [2.05, 4.69) is 15.2 Å². The molecule has 0 aliphatic rings. The molecule has 0 spiro atoms. The first-order valence-corrected chi connectivity index (χ1v) is 5.60. The summed E-state index contributed by atoms with van der Waals surface area (Å²) in [7, 11) is 0. The molecular weight excluding hydrogens is 232 g/mol. The minimum Gasteiger partial charge on any atom is -0.395 e. The number of H-pyrrole nitrogens is 1. The zero-order chi connectivity index (χ0) is 12.8. The number of rotatable bonds is 5. The zero-order valence-electron chi connectivity index (χ0n) is 9.78. The van der Waals surface area contributed by atoms with Crippen LogP contribution in [0.3, 0.4) is 0 Å². The summed E-state index contributed by atoms with van der Waals surface area (Å²) in [6.07, 6.45) is 1.28. The average Bonchev–Trinajstić information content (AvgIpc) is 2.92. The SMILES string of the molecule is O=C(c1ncn[nH]1)N(CCO)Cc1ccccc1.